The Morgan fingerprint density at radius 3 is 2.05 bits per heavy atom. The number of unbranched alkanes of at least 4 members (excludes halogenated alkanes) is 3. The van der Waals surface area contributed by atoms with Crippen LogP contribution >= 0.6 is 15.9 Å². The molecule has 0 unspecified atom stereocenters. The minimum Gasteiger partial charge on any atom is -0.459 e. The number of alkyl halides is 1. The Kier molecular flexibility index (Phi) is 4.74. The first-order valence-electron chi connectivity index (χ1n) is 8.47. The summed E-state index contributed by atoms with van der Waals surface area (Å²) in [6, 6.07) is 0. The molecule has 0 aliphatic heterocycles. The molecular weight excluding hydrogens is 316 g/mol. The second-order valence-corrected chi connectivity index (χ2v) is 8.22. The molecule has 0 aromatic carbocycles. The van der Waals surface area contributed by atoms with E-state index in [0.29, 0.717) is 6.42 Å². The second kappa shape index (κ2) is 6.37. The number of hydrogen-bond acceptors (Lipinski definition) is 2. The Bertz CT molecular complexity index is 318. The maximum atomic E-state index is 12.1. The van der Waals surface area contributed by atoms with Crippen molar-refractivity contribution in [1.29, 1.82) is 0 Å². The van der Waals surface area contributed by atoms with Crippen molar-refractivity contribution in [2.24, 2.45) is 17.8 Å². The molecular formula is C17H27BrO2. The van der Waals surface area contributed by atoms with Gasteiger partial charge in [-0.1, -0.05) is 28.8 Å². The van der Waals surface area contributed by atoms with Crippen molar-refractivity contribution in [3.63, 3.8) is 0 Å². The summed E-state index contributed by atoms with van der Waals surface area (Å²) < 4.78 is 6.01. The lowest BCUT2D eigenvalue weighted by Gasteiger charge is -2.55. The Morgan fingerprint density at radius 2 is 1.50 bits per heavy atom. The summed E-state index contributed by atoms with van der Waals surface area (Å²) in [6.45, 7) is 0. The number of carbonyl (C=O) groups excluding carboxylic acids is 1. The highest BCUT2D eigenvalue weighted by molar-refractivity contribution is 9.09. The van der Waals surface area contributed by atoms with Gasteiger partial charge in [0.1, 0.15) is 5.60 Å². The normalized spacial score (nSPS) is 38.1. The molecule has 2 nitrogen and oxygen atoms in total. The molecule has 0 spiro atoms. The van der Waals surface area contributed by atoms with E-state index in [1.165, 1.54) is 32.1 Å². The molecule has 4 rings (SSSR count). The average molecular weight is 343 g/mol. The minimum absolute atomic E-state index is 0.0400. The lowest BCUT2D eigenvalue weighted by Crippen LogP contribution is -2.52. The van der Waals surface area contributed by atoms with Crippen LogP contribution in [0, 0.1) is 17.8 Å². The smallest absolute Gasteiger partial charge is 0.306 e. The van der Waals surface area contributed by atoms with Gasteiger partial charge in [-0.05, 0) is 69.1 Å². The molecule has 114 valence electrons. The fraction of sp³-hybridized carbons (Fsp3) is 0.941. The molecule has 0 aromatic heterocycles. The van der Waals surface area contributed by atoms with Gasteiger partial charge in [-0.25, -0.2) is 0 Å². The minimum atomic E-state index is -0.0400. The lowest BCUT2D eigenvalue weighted by molar-refractivity contribution is -0.186. The van der Waals surface area contributed by atoms with E-state index in [-0.39, 0.29) is 11.6 Å². The highest BCUT2D eigenvalue weighted by Crippen LogP contribution is 2.57. The molecule has 4 fully saturated rings. The predicted molar refractivity (Wildman–Crippen MR) is 83.9 cm³/mol. The van der Waals surface area contributed by atoms with Crippen LogP contribution in [0.2, 0.25) is 0 Å². The van der Waals surface area contributed by atoms with Crippen LogP contribution in [0.25, 0.3) is 0 Å². The molecule has 0 N–H and O–H groups in total. The van der Waals surface area contributed by atoms with Crippen LogP contribution in [0.5, 0.6) is 0 Å². The highest BCUT2D eigenvalue weighted by Gasteiger charge is 2.53. The van der Waals surface area contributed by atoms with Crippen molar-refractivity contribution < 1.29 is 9.53 Å². The number of esters is 1. The molecule has 4 aliphatic carbocycles. The summed E-state index contributed by atoms with van der Waals surface area (Å²) in [5.74, 6) is 2.64. The highest BCUT2D eigenvalue weighted by atomic mass is 79.9. The SMILES string of the molecule is O=C(CCCCCCBr)OC12CC3CC(CC(C3)C1)C2. The van der Waals surface area contributed by atoms with Gasteiger partial charge >= 0.3 is 5.97 Å². The maximum Gasteiger partial charge on any atom is 0.306 e. The zero-order chi connectivity index (χ0) is 14.0. The molecule has 0 amide bonds. The summed E-state index contributed by atoms with van der Waals surface area (Å²) >= 11 is 3.44. The van der Waals surface area contributed by atoms with E-state index in [1.54, 1.807) is 0 Å². The number of rotatable bonds is 7. The summed E-state index contributed by atoms with van der Waals surface area (Å²) in [5.41, 5.74) is -0.0400. The molecule has 4 aliphatic rings. The number of halogens is 1. The number of hydrogen-bond donors (Lipinski definition) is 0. The first-order valence-corrected chi connectivity index (χ1v) is 9.59. The van der Waals surface area contributed by atoms with Crippen LogP contribution in [-0.4, -0.2) is 16.9 Å². The molecule has 0 atom stereocenters. The molecule has 3 heteroatoms. The fourth-order valence-corrected chi connectivity index (χ4v) is 5.56. The Hall–Kier alpha value is -0.0500. The van der Waals surface area contributed by atoms with Crippen LogP contribution in [0.15, 0.2) is 0 Å². The molecule has 4 bridgehead atoms. The summed E-state index contributed by atoms with van der Waals surface area (Å²) in [4.78, 5) is 12.1. The zero-order valence-corrected chi connectivity index (χ0v) is 14.0. The first-order chi connectivity index (χ1) is 9.69. The van der Waals surface area contributed by atoms with Crippen molar-refractivity contribution in [3.05, 3.63) is 0 Å². The van der Waals surface area contributed by atoms with Crippen LogP contribution in [0.4, 0.5) is 0 Å². The first kappa shape index (κ1) is 14.9. The van der Waals surface area contributed by atoms with Crippen LogP contribution in [-0.2, 0) is 9.53 Å². The Morgan fingerprint density at radius 1 is 0.950 bits per heavy atom. The van der Waals surface area contributed by atoms with Gasteiger partial charge in [-0.15, -0.1) is 0 Å². The molecule has 20 heavy (non-hydrogen) atoms. The van der Waals surface area contributed by atoms with Gasteiger partial charge in [0, 0.05) is 11.8 Å². The molecule has 4 saturated carbocycles. The summed E-state index contributed by atoms with van der Waals surface area (Å²) in [5, 5.41) is 1.07. The van der Waals surface area contributed by atoms with E-state index < -0.39 is 0 Å². The van der Waals surface area contributed by atoms with Gasteiger partial charge in [0.15, 0.2) is 0 Å². The number of ether oxygens (including phenoxy) is 1. The topological polar surface area (TPSA) is 26.3 Å². The van der Waals surface area contributed by atoms with Crippen LogP contribution in [0.3, 0.4) is 0 Å². The van der Waals surface area contributed by atoms with Crippen molar-refractivity contribution in [2.75, 3.05) is 5.33 Å². The zero-order valence-electron chi connectivity index (χ0n) is 12.4. The van der Waals surface area contributed by atoms with E-state index in [4.69, 9.17) is 4.74 Å². The third kappa shape index (κ3) is 3.40. The van der Waals surface area contributed by atoms with Crippen molar-refractivity contribution >= 4 is 21.9 Å². The monoisotopic (exact) mass is 342 g/mol. The van der Waals surface area contributed by atoms with Crippen LogP contribution in [0.1, 0.15) is 70.6 Å². The van der Waals surface area contributed by atoms with E-state index in [0.717, 1.165) is 55.2 Å². The quantitative estimate of drug-likeness (QED) is 0.375. The van der Waals surface area contributed by atoms with E-state index in [9.17, 15) is 4.79 Å². The van der Waals surface area contributed by atoms with Gasteiger partial charge < -0.3 is 4.74 Å². The molecule has 0 saturated heterocycles. The van der Waals surface area contributed by atoms with E-state index >= 15 is 0 Å². The van der Waals surface area contributed by atoms with Gasteiger partial charge in [-0.2, -0.15) is 0 Å². The van der Waals surface area contributed by atoms with E-state index in [2.05, 4.69) is 15.9 Å². The molecule has 0 aromatic rings. The van der Waals surface area contributed by atoms with E-state index in [1.807, 2.05) is 0 Å². The van der Waals surface area contributed by atoms with Gasteiger partial charge in [-0.3, -0.25) is 4.79 Å². The molecule has 0 radical (unpaired) electrons. The predicted octanol–water partition coefficient (Wildman–Crippen LogP) is 4.84. The van der Waals surface area contributed by atoms with Crippen LogP contribution < -0.4 is 0 Å². The molecule has 0 heterocycles. The Balaban J connectivity index is 1.44. The van der Waals surface area contributed by atoms with Gasteiger partial charge in [0.25, 0.3) is 0 Å². The van der Waals surface area contributed by atoms with Crippen molar-refractivity contribution in [3.8, 4) is 0 Å². The Labute approximate surface area is 131 Å². The number of carbonyl (C=O) groups is 1. The lowest BCUT2D eigenvalue weighted by atomic mass is 9.54. The summed E-state index contributed by atoms with van der Waals surface area (Å²) in [6.07, 6.45) is 12.9. The largest absolute Gasteiger partial charge is 0.459 e. The third-order valence-corrected chi connectivity index (χ3v) is 6.14. The van der Waals surface area contributed by atoms with Gasteiger partial charge in [0.05, 0.1) is 0 Å². The standard InChI is InChI=1S/C17H27BrO2/c18-6-4-2-1-3-5-16(19)20-17-10-13-7-14(11-17)9-15(8-13)12-17/h13-15H,1-12H2. The van der Waals surface area contributed by atoms with Crippen molar-refractivity contribution in [1.82, 2.24) is 0 Å². The fourth-order valence-electron chi connectivity index (χ4n) is 5.17. The maximum absolute atomic E-state index is 12.1. The van der Waals surface area contributed by atoms with Crippen molar-refractivity contribution in [2.45, 2.75) is 76.2 Å². The van der Waals surface area contributed by atoms with Gasteiger partial charge in [0.2, 0.25) is 0 Å². The average Bonchev–Trinajstić information content (AvgIpc) is 2.36. The second-order valence-electron chi connectivity index (χ2n) is 7.43. The summed E-state index contributed by atoms with van der Waals surface area (Å²) in [7, 11) is 0. The third-order valence-electron chi connectivity index (χ3n) is 5.58.